The molecule has 0 aliphatic carbocycles. The molecular formula is C22H13F3O4. The lowest BCUT2D eigenvalue weighted by Crippen LogP contribution is -2.02. The summed E-state index contributed by atoms with van der Waals surface area (Å²) in [6, 6.07) is 12.8. The van der Waals surface area contributed by atoms with Gasteiger partial charge in [-0.05, 0) is 42.0 Å². The van der Waals surface area contributed by atoms with E-state index in [0.717, 1.165) is 18.2 Å². The average Bonchev–Trinajstić information content (AvgIpc) is 3.09. The van der Waals surface area contributed by atoms with E-state index in [1.807, 2.05) is 0 Å². The van der Waals surface area contributed by atoms with Gasteiger partial charge in [-0.25, -0.2) is 4.39 Å². The van der Waals surface area contributed by atoms with Crippen LogP contribution < -0.4 is 4.74 Å². The number of hydrogen-bond donors (Lipinski definition) is 1. The predicted molar refractivity (Wildman–Crippen MR) is 102 cm³/mol. The van der Waals surface area contributed by atoms with Crippen LogP contribution in [0.4, 0.5) is 13.2 Å². The van der Waals surface area contributed by atoms with Crippen LogP contribution in [0.1, 0.15) is 15.9 Å². The monoisotopic (exact) mass is 398 g/mol. The number of carbonyl (C=O) groups is 1. The molecule has 29 heavy (non-hydrogen) atoms. The number of carbonyl (C=O) groups excluding carboxylic acids is 1. The van der Waals surface area contributed by atoms with Crippen LogP contribution in [0.5, 0.6) is 11.5 Å². The zero-order valence-electron chi connectivity index (χ0n) is 14.7. The van der Waals surface area contributed by atoms with Gasteiger partial charge in [0.15, 0.2) is 17.1 Å². The molecule has 4 rings (SSSR count). The van der Waals surface area contributed by atoms with Crippen LogP contribution >= 0.6 is 0 Å². The van der Waals surface area contributed by atoms with Crippen molar-refractivity contribution in [1.29, 1.82) is 0 Å². The number of aromatic hydroxyl groups is 1. The first kappa shape index (κ1) is 18.6. The van der Waals surface area contributed by atoms with Crippen molar-refractivity contribution in [2.75, 3.05) is 0 Å². The van der Waals surface area contributed by atoms with Crippen molar-refractivity contribution in [3.63, 3.8) is 0 Å². The number of benzene rings is 3. The Balaban J connectivity index is 1.82. The molecule has 4 aromatic rings. The number of para-hydroxylation sites is 1. The van der Waals surface area contributed by atoms with Crippen LogP contribution in [0.15, 0.2) is 65.1 Å². The van der Waals surface area contributed by atoms with E-state index >= 15 is 0 Å². The van der Waals surface area contributed by atoms with E-state index in [1.54, 1.807) is 24.3 Å². The number of hydrogen-bond acceptors (Lipinski definition) is 4. The maximum Gasteiger partial charge on any atom is 0.387 e. The topological polar surface area (TPSA) is 59.7 Å². The molecule has 146 valence electrons. The van der Waals surface area contributed by atoms with Gasteiger partial charge in [0.25, 0.3) is 0 Å². The Bertz CT molecular complexity index is 1260. The molecule has 0 saturated heterocycles. The first-order valence-corrected chi connectivity index (χ1v) is 8.54. The molecule has 0 bridgehead atoms. The molecule has 0 atom stereocenters. The second kappa shape index (κ2) is 7.35. The van der Waals surface area contributed by atoms with Gasteiger partial charge in [-0.3, -0.25) is 4.79 Å². The summed E-state index contributed by atoms with van der Waals surface area (Å²) in [4.78, 5) is 12.4. The fourth-order valence-corrected chi connectivity index (χ4v) is 3.12. The summed E-state index contributed by atoms with van der Waals surface area (Å²) in [6.07, 6.45) is 2.61. The number of rotatable bonds is 5. The van der Waals surface area contributed by atoms with Crippen molar-refractivity contribution < 1.29 is 32.2 Å². The summed E-state index contributed by atoms with van der Waals surface area (Å²) in [5, 5.41) is 10.9. The van der Waals surface area contributed by atoms with Crippen LogP contribution in [-0.4, -0.2) is 17.5 Å². The fourth-order valence-electron chi connectivity index (χ4n) is 3.12. The zero-order chi connectivity index (χ0) is 20.5. The van der Waals surface area contributed by atoms with E-state index in [4.69, 9.17) is 4.42 Å². The third kappa shape index (κ3) is 3.54. The highest BCUT2D eigenvalue weighted by Gasteiger charge is 2.17. The van der Waals surface area contributed by atoms with Gasteiger partial charge in [0.05, 0.1) is 5.56 Å². The van der Waals surface area contributed by atoms with E-state index in [9.17, 15) is 23.1 Å². The summed E-state index contributed by atoms with van der Waals surface area (Å²) in [5.74, 6) is -1.75. The predicted octanol–water partition coefficient (Wildman–Crippen LogP) is 5.93. The molecule has 0 saturated carbocycles. The third-order valence-electron chi connectivity index (χ3n) is 4.38. The minimum absolute atomic E-state index is 0.120. The summed E-state index contributed by atoms with van der Waals surface area (Å²) in [6.45, 7) is -3.02. The van der Waals surface area contributed by atoms with Crippen LogP contribution in [-0.2, 0) is 0 Å². The van der Waals surface area contributed by atoms with Crippen molar-refractivity contribution in [3.8, 4) is 11.5 Å². The highest BCUT2D eigenvalue weighted by Crippen LogP contribution is 2.38. The van der Waals surface area contributed by atoms with Crippen molar-refractivity contribution >= 4 is 33.8 Å². The van der Waals surface area contributed by atoms with Crippen LogP contribution in [0.25, 0.3) is 28.0 Å². The van der Waals surface area contributed by atoms with Gasteiger partial charge in [-0.15, -0.1) is 0 Å². The Hall–Kier alpha value is -3.74. The minimum atomic E-state index is -3.02. The Morgan fingerprint density at radius 3 is 2.69 bits per heavy atom. The second-order valence-corrected chi connectivity index (χ2v) is 6.19. The molecule has 0 spiro atoms. The summed E-state index contributed by atoms with van der Waals surface area (Å²) in [5.41, 5.74) is 0.911. The number of phenolic OH excluding ortho intramolecular Hbond substituents is 1. The molecule has 0 amide bonds. The molecule has 7 heteroatoms. The van der Waals surface area contributed by atoms with E-state index in [1.165, 1.54) is 24.3 Å². The molecule has 1 heterocycles. The van der Waals surface area contributed by atoms with Gasteiger partial charge in [-0.2, -0.15) is 8.78 Å². The molecule has 1 N–H and O–H groups in total. The fraction of sp³-hybridized carbons (Fsp3) is 0.0455. The largest absolute Gasteiger partial charge is 0.507 e. The lowest BCUT2D eigenvalue weighted by atomic mass is 10.0. The quantitative estimate of drug-likeness (QED) is 0.334. The maximum atomic E-state index is 13.4. The van der Waals surface area contributed by atoms with Gasteiger partial charge < -0.3 is 14.3 Å². The molecule has 4 nitrogen and oxygen atoms in total. The molecule has 0 aliphatic rings. The van der Waals surface area contributed by atoms with Gasteiger partial charge in [0, 0.05) is 10.8 Å². The van der Waals surface area contributed by atoms with Crippen molar-refractivity contribution in [3.05, 3.63) is 77.6 Å². The number of halogens is 3. The molecule has 0 aliphatic heterocycles. The molecular weight excluding hydrogens is 385 g/mol. The Kier molecular flexibility index (Phi) is 4.72. The van der Waals surface area contributed by atoms with Crippen LogP contribution in [0.2, 0.25) is 0 Å². The standard InChI is InChI=1S/C22H13F3O4/c23-13-7-9-17(27)15(11-13)16(26)8-5-12-6-10-19(29-22(24)25)21-20(12)14-3-1-2-4-18(14)28-21/h1-11,22,27H/b8-5+. The SMILES string of the molecule is O=C(/C=C/c1ccc(OC(F)F)c2oc3ccccc3c12)c1cc(F)ccc1O. The highest BCUT2D eigenvalue weighted by atomic mass is 19.3. The maximum absolute atomic E-state index is 13.4. The molecule has 0 radical (unpaired) electrons. The van der Waals surface area contributed by atoms with Gasteiger partial charge >= 0.3 is 6.61 Å². The molecule has 1 aromatic heterocycles. The second-order valence-electron chi connectivity index (χ2n) is 6.19. The first-order valence-electron chi connectivity index (χ1n) is 8.54. The van der Waals surface area contributed by atoms with Crippen molar-refractivity contribution in [2.24, 2.45) is 0 Å². The number of fused-ring (bicyclic) bond motifs is 3. The molecule has 0 unspecified atom stereocenters. The van der Waals surface area contributed by atoms with E-state index < -0.39 is 18.2 Å². The number of ether oxygens (including phenoxy) is 1. The third-order valence-corrected chi connectivity index (χ3v) is 4.38. The summed E-state index contributed by atoms with van der Waals surface area (Å²) >= 11 is 0. The first-order chi connectivity index (χ1) is 13.9. The number of alkyl halides is 2. The number of phenols is 1. The Morgan fingerprint density at radius 1 is 1.10 bits per heavy atom. The number of allylic oxidation sites excluding steroid dienone is 1. The Morgan fingerprint density at radius 2 is 1.90 bits per heavy atom. The van der Waals surface area contributed by atoms with Gasteiger partial charge in [0.1, 0.15) is 17.1 Å². The lowest BCUT2D eigenvalue weighted by Gasteiger charge is -2.06. The van der Waals surface area contributed by atoms with Crippen molar-refractivity contribution in [2.45, 2.75) is 6.61 Å². The lowest BCUT2D eigenvalue weighted by molar-refractivity contribution is -0.0493. The summed E-state index contributed by atoms with van der Waals surface area (Å²) < 4.78 is 49.1. The van der Waals surface area contributed by atoms with Gasteiger partial charge in [-0.1, -0.05) is 30.3 Å². The minimum Gasteiger partial charge on any atom is -0.507 e. The van der Waals surface area contributed by atoms with Crippen molar-refractivity contribution in [1.82, 2.24) is 0 Å². The van der Waals surface area contributed by atoms with E-state index in [-0.39, 0.29) is 22.6 Å². The number of furan rings is 1. The van der Waals surface area contributed by atoms with E-state index in [2.05, 4.69) is 4.74 Å². The molecule has 3 aromatic carbocycles. The molecule has 0 fully saturated rings. The zero-order valence-corrected chi connectivity index (χ0v) is 14.7. The van der Waals surface area contributed by atoms with Crippen LogP contribution in [0, 0.1) is 5.82 Å². The number of ketones is 1. The van der Waals surface area contributed by atoms with E-state index in [0.29, 0.717) is 21.9 Å². The smallest absolute Gasteiger partial charge is 0.387 e. The average molecular weight is 398 g/mol. The van der Waals surface area contributed by atoms with Crippen LogP contribution in [0.3, 0.4) is 0 Å². The highest BCUT2D eigenvalue weighted by molar-refractivity contribution is 6.13. The summed E-state index contributed by atoms with van der Waals surface area (Å²) in [7, 11) is 0. The van der Waals surface area contributed by atoms with Gasteiger partial charge in [0.2, 0.25) is 0 Å². The normalized spacial score (nSPS) is 11.7. The Labute approximate surface area is 162 Å².